The second kappa shape index (κ2) is 5.51. The molecule has 1 heterocycles. The molecular formula is C11H7F2IN2O3. The third-order valence-electron chi connectivity index (χ3n) is 2.20. The Bertz CT molecular complexity index is 643. The van der Waals surface area contributed by atoms with Gasteiger partial charge in [-0.05, 0) is 46.9 Å². The van der Waals surface area contributed by atoms with E-state index in [1.807, 2.05) is 0 Å². The molecule has 2 aromatic rings. The van der Waals surface area contributed by atoms with E-state index in [9.17, 15) is 18.7 Å². The number of alkyl halides is 2. The Kier molecular flexibility index (Phi) is 3.98. The van der Waals surface area contributed by atoms with Gasteiger partial charge >= 0.3 is 6.61 Å². The summed E-state index contributed by atoms with van der Waals surface area (Å²) in [6, 6.07) is 5.53. The Morgan fingerprint density at radius 3 is 2.47 bits per heavy atom. The van der Waals surface area contributed by atoms with Crippen LogP contribution in [0.2, 0.25) is 0 Å². The molecule has 100 valence electrons. The zero-order chi connectivity index (χ0) is 14.0. The lowest BCUT2D eigenvalue weighted by Crippen LogP contribution is -2.12. The second-order valence-corrected chi connectivity index (χ2v) is 4.53. The van der Waals surface area contributed by atoms with Gasteiger partial charge in [0.1, 0.15) is 15.1 Å². The highest BCUT2D eigenvalue weighted by atomic mass is 127. The van der Waals surface area contributed by atoms with Crippen molar-refractivity contribution < 1.29 is 18.6 Å². The summed E-state index contributed by atoms with van der Waals surface area (Å²) in [4.78, 5) is 17.7. The fraction of sp³-hybridized carbons (Fsp3) is 0.0909. The number of aromatic nitrogens is 2. The van der Waals surface area contributed by atoms with Crippen LogP contribution in [0, 0.1) is 3.57 Å². The van der Waals surface area contributed by atoms with Gasteiger partial charge in [-0.1, -0.05) is 0 Å². The molecule has 19 heavy (non-hydrogen) atoms. The van der Waals surface area contributed by atoms with Gasteiger partial charge in [0, 0.05) is 5.56 Å². The Morgan fingerprint density at radius 1 is 1.32 bits per heavy atom. The molecule has 0 atom stereocenters. The van der Waals surface area contributed by atoms with E-state index in [4.69, 9.17) is 0 Å². The standard InChI is InChI=1S/C11H7F2IN2O3/c12-11(13)19-6-3-1-5(2-4-6)8-15-9(17)7(14)10(18)16-8/h1-4,11H,(H2,15,16,17,18). The summed E-state index contributed by atoms with van der Waals surface area (Å²) in [5, 5.41) is 9.45. The van der Waals surface area contributed by atoms with E-state index in [-0.39, 0.29) is 21.0 Å². The van der Waals surface area contributed by atoms with Crippen LogP contribution >= 0.6 is 22.6 Å². The number of hydrogen-bond acceptors (Lipinski definition) is 4. The molecule has 0 fully saturated rings. The van der Waals surface area contributed by atoms with E-state index in [2.05, 4.69) is 14.7 Å². The van der Waals surface area contributed by atoms with E-state index >= 15 is 0 Å². The second-order valence-electron chi connectivity index (χ2n) is 3.46. The third kappa shape index (κ3) is 3.19. The van der Waals surface area contributed by atoms with Crippen LogP contribution in [0.15, 0.2) is 29.1 Å². The molecule has 8 heteroatoms. The minimum atomic E-state index is -2.90. The Morgan fingerprint density at radius 2 is 1.95 bits per heavy atom. The molecule has 0 aliphatic heterocycles. The first-order valence-corrected chi connectivity index (χ1v) is 6.09. The number of rotatable bonds is 3. The minimum Gasteiger partial charge on any atom is -0.492 e. The molecule has 1 aromatic carbocycles. The van der Waals surface area contributed by atoms with Crippen molar-refractivity contribution in [3.8, 4) is 23.0 Å². The van der Waals surface area contributed by atoms with Crippen molar-refractivity contribution in [2.75, 3.05) is 0 Å². The summed E-state index contributed by atoms with van der Waals surface area (Å²) in [7, 11) is 0. The number of aromatic amines is 1. The van der Waals surface area contributed by atoms with Gasteiger partial charge in [0.15, 0.2) is 0 Å². The monoisotopic (exact) mass is 380 g/mol. The number of nitrogens with zero attached hydrogens (tertiary/aromatic N) is 1. The van der Waals surface area contributed by atoms with Crippen LogP contribution in [0.25, 0.3) is 11.4 Å². The van der Waals surface area contributed by atoms with Crippen molar-refractivity contribution >= 4 is 22.6 Å². The van der Waals surface area contributed by atoms with Crippen LogP contribution in [-0.4, -0.2) is 21.7 Å². The van der Waals surface area contributed by atoms with Crippen molar-refractivity contribution in [2.45, 2.75) is 6.61 Å². The van der Waals surface area contributed by atoms with Gasteiger partial charge in [-0.2, -0.15) is 13.8 Å². The molecule has 5 nitrogen and oxygen atoms in total. The fourth-order valence-electron chi connectivity index (χ4n) is 1.38. The molecule has 0 amide bonds. The molecule has 2 rings (SSSR count). The molecule has 0 aliphatic rings. The van der Waals surface area contributed by atoms with Crippen LogP contribution < -0.4 is 10.3 Å². The number of hydrogen-bond donors (Lipinski definition) is 2. The first-order chi connectivity index (χ1) is 8.97. The van der Waals surface area contributed by atoms with Crippen LogP contribution in [0.1, 0.15) is 0 Å². The lowest BCUT2D eigenvalue weighted by molar-refractivity contribution is -0.0498. The van der Waals surface area contributed by atoms with E-state index in [0.29, 0.717) is 5.56 Å². The summed E-state index contributed by atoms with van der Waals surface area (Å²) in [6.45, 7) is -2.90. The molecule has 0 unspecified atom stereocenters. The molecule has 0 spiro atoms. The molecule has 0 saturated heterocycles. The number of nitrogens with one attached hydrogen (secondary N) is 1. The normalized spacial score (nSPS) is 10.7. The van der Waals surface area contributed by atoms with Gasteiger partial charge in [0.2, 0.25) is 5.88 Å². The highest BCUT2D eigenvalue weighted by molar-refractivity contribution is 14.1. The Balaban J connectivity index is 2.35. The van der Waals surface area contributed by atoms with Crippen molar-refractivity contribution in [1.82, 2.24) is 9.97 Å². The fourth-order valence-corrected chi connectivity index (χ4v) is 1.63. The van der Waals surface area contributed by atoms with E-state index in [0.717, 1.165) is 0 Å². The quantitative estimate of drug-likeness (QED) is 0.802. The highest BCUT2D eigenvalue weighted by Crippen LogP contribution is 2.22. The van der Waals surface area contributed by atoms with Gasteiger partial charge in [-0.25, -0.2) is 0 Å². The van der Waals surface area contributed by atoms with E-state index < -0.39 is 12.2 Å². The first-order valence-electron chi connectivity index (χ1n) is 5.01. The summed E-state index contributed by atoms with van der Waals surface area (Å²) in [5.74, 6) is -0.241. The van der Waals surface area contributed by atoms with E-state index in [1.165, 1.54) is 24.3 Å². The van der Waals surface area contributed by atoms with Crippen molar-refractivity contribution in [3.63, 3.8) is 0 Å². The van der Waals surface area contributed by atoms with Crippen molar-refractivity contribution in [1.29, 1.82) is 0 Å². The predicted octanol–water partition coefficient (Wildman–Crippen LogP) is 2.35. The Hall–Kier alpha value is -1.71. The maximum absolute atomic E-state index is 12.0. The average Bonchev–Trinajstić information content (AvgIpc) is 2.35. The van der Waals surface area contributed by atoms with Gasteiger partial charge < -0.3 is 14.8 Å². The molecule has 2 N–H and O–H groups in total. The number of aromatic hydroxyl groups is 1. The van der Waals surface area contributed by atoms with Crippen LogP contribution in [0.3, 0.4) is 0 Å². The maximum atomic E-state index is 12.0. The van der Waals surface area contributed by atoms with Gasteiger partial charge in [-0.3, -0.25) is 4.79 Å². The third-order valence-corrected chi connectivity index (χ3v) is 3.17. The lowest BCUT2D eigenvalue weighted by atomic mass is 10.2. The zero-order valence-electron chi connectivity index (χ0n) is 9.23. The van der Waals surface area contributed by atoms with Crippen LogP contribution in [0.5, 0.6) is 11.6 Å². The summed E-state index contributed by atoms with van der Waals surface area (Å²) < 4.78 is 28.2. The number of halogens is 3. The molecule has 0 aliphatic carbocycles. The number of benzene rings is 1. The topological polar surface area (TPSA) is 75.2 Å². The average molecular weight is 380 g/mol. The minimum absolute atomic E-state index is 0.00386. The van der Waals surface area contributed by atoms with Crippen molar-refractivity contribution in [2.24, 2.45) is 0 Å². The van der Waals surface area contributed by atoms with Crippen LogP contribution in [-0.2, 0) is 0 Å². The number of ether oxygens (including phenoxy) is 1. The molecule has 0 saturated carbocycles. The SMILES string of the molecule is O=c1[nH]c(-c2ccc(OC(F)F)cc2)nc(O)c1I. The van der Waals surface area contributed by atoms with E-state index in [1.54, 1.807) is 22.6 Å². The largest absolute Gasteiger partial charge is 0.492 e. The molecule has 0 radical (unpaired) electrons. The maximum Gasteiger partial charge on any atom is 0.387 e. The number of H-pyrrole nitrogens is 1. The summed E-state index contributed by atoms with van der Waals surface area (Å²) in [5.41, 5.74) is -0.0126. The summed E-state index contributed by atoms with van der Waals surface area (Å²) >= 11 is 1.66. The van der Waals surface area contributed by atoms with Gasteiger partial charge in [0.05, 0.1) is 0 Å². The zero-order valence-corrected chi connectivity index (χ0v) is 11.4. The van der Waals surface area contributed by atoms with Crippen LogP contribution in [0.4, 0.5) is 8.78 Å². The molecule has 1 aromatic heterocycles. The first kappa shape index (κ1) is 13.7. The summed E-state index contributed by atoms with van der Waals surface area (Å²) in [6.07, 6.45) is 0. The van der Waals surface area contributed by atoms with Gasteiger partial charge in [-0.15, -0.1) is 0 Å². The molecular weight excluding hydrogens is 373 g/mol. The lowest BCUT2D eigenvalue weighted by Gasteiger charge is -2.06. The highest BCUT2D eigenvalue weighted by Gasteiger charge is 2.10. The van der Waals surface area contributed by atoms with Crippen molar-refractivity contribution in [3.05, 3.63) is 38.2 Å². The predicted molar refractivity (Wildman–Crippen MR) is 71.3 cm³/mol. The molecule has 0 bridgehead atoms. The Labute approximate surface area is 119 Å². The smallest absolute Gasteiger partial charge is 0.387 e. The van der Waals surface area contributed by atoms with Gasteiger partial charge in [0.25, 0.3) is 5.56 Å².